The molecule has 1 unspecified atom stereocenters. The second-order valence-electron chi connectivity index (χ2n) is 8.30. The summed E-state index contributed by atoms with van der Waals surface area (Å²) >= 11 is 0. The Balaban J connectivity index is 1.32. The molecule has 0 spiro atoms. The van der Waals surface area contributed by atoms with E-state index >= 15 is 0 Å². The number of ether oxygens (including phenoxy) is 1. The summed E-state index contributed by atoms with van der Waals surface area (Å²) in [4.78, 5) is 31.9. The van der Waals surface area contributed by atoms with Gasteiger partial charge in [0.2, 0.25) is 11.8 Å². The number of nitrogens with zero attached hydrogens (tertiary/aromatic N) is 6. The highest BCUT2D eigenvalue weighted by molar-refractivity contribution is 5.96. The summed E-state index contributed by atoms with van der Waals surface area (Å²) in [5, 5.41) is 8.17. The van der Waals surface area contributed by atoms with Crippen LogP contribution in [0.25, 0.3) is 0 Å². The van der Waals surface area contributed by atoms with Crippen LogP contribution >= 0.6 is 0 Å². The van der Waals surface area contributed by atoms with E-state index in [1.165, 1.54) is 15.9 Å². The molecular weight excluding hydrogens is 434 g/mol. The molecule has 33 heavy (non-hydrogen) atoms. The van der Waals surface area contributed by atoms with Gasteiger partial charge >= 0.3 is 6.03 Å². The van der Waals surface area contributed by atoms with Crippen LogP contribution in [0.15, 0.2) is 30.3 Å². The molecule has 4 rings (SSSR count). The fourth-order valence-electron chi connectivity index (χ4n) is 3.93. The van der Waals surface area contributed by atoms with Gasteiger partial charge in [-0.2, -0.15) is 0 Å². The van der Waals surface area contributed by atoms with Crippen molar-refractivity contribution in [3.8, 4) is 5.88 Å². The summed E-state index contributed by atoms with van der Waals surface area (Å²) in [5.41, 5.74) is 0.265. The Morgan fingerprint density at radius 3 is 2.64 bits per heavy atom. The highest BCUT2D eigenvalue weighted by atomic mass is 19.2. The van der Waals surface area contributed by atoms with E-state index in [0.29, 0.717) is 32.1 Å². The van der Waals surface area contributed by atoms with E-state index in [2.05, 4.69) is 10.2 Å². The number of benzene rings is 1. The fourth-order valence-corrected chi connectivity index (χ4v) is 3.93. The third-order valence-electron chi connectivity index (χ3n) is 5.74. The topological polar surface area (TPSA) is 82.1 Å². The van der Waals surface area contributed by atoms with Crippen LogP contribution < -0.4 is 14.5 Å². The van der Waals surface area contributed by atoms with Crippen molar-refractivity contribution >= 4 is 23.4 Å². The number of halogens is 2. The standard InChI is InChI=1S/C22H26F2N6O3/c1-27(2)19-7-8-20(26-25-19)33-16-4-3-9-28(13-16)21(31)14-29-10-11-30(22(29)32)15-5-6-17(23)18(24)12-15/h5-8,12,16H,3-4,9-11,13-14H2,1-2H3. The number of anilines is 2. The summed E-state index contributed by atoms with van der Waals surface area (Å²) in [6.45, 7) is 1.52. The van der Waals surface area contributed by atoms with Crippen molar-refractivity contribution in [1.82, 2.24) is 20.0 Å². The first kappa shape index (κ1) is 22.7. The van der Waals surface area contributed by atoms with Gasteiger partial charge in [-0.3, -0.25) is 9.69 Å². The van der Waals surface area contributed by atoms with Crippen LogP contribution in [0.4, 0.5) is 25.1 Å². The summed E-state index contributed by atoms with van der Waals surface area (Å²) in [7, 11) is 3.74. The van der Waals surface area contributed by atoms with Crippen LogP contribution in [-0.4, -0.2) is 84.9 Å². The Morgan fingerprint density at radius 1 is 1.12 bits per heavy atom. The van der Waals surface area contributed by atoms with Gasteiger partial charge in [0.25, 0.3) is 0 Å². The van der Waals surface area contributed by atoms with Crippen molar-refractivity contribution in [1.29, 1.82) is 0 Å². The monoisotopic (exact) mass is 460 g/mol. The number of hydrogen-bond donors (Lipinski definition) is 0. The Bertz CT molecular complexity index is 1020. The first-order chi connectivity index (χ1) is 15.8. The lowest BCUT2D eigenvalue weighted by Gasteiger charge is -2.33. The first-order valence-electron chi connectivity index (χ1n) is 10.8. The molecule has 0 radical (unpaired) electrons. The number of urea groups is 1. The fraction of sp³-hybridized carbons (Fsp3) is 0.455. The minimum Gasteiger partial charge on any atom is -0.471 e. The van der Waals surface area contributed by atoms with E-state index < -0.39 is 17.7 Å². The van der Waals surface area contributed by atoms with Gasteiger partial charge in [0.15, 0.2) is 17.5 Å². The van der Waals surface area contributed by atoms with Gasteiger partial charge < -0.3 is 19.4 Å². The predicted octanol–water partition coefficient (Wildman–Crippen LogP) is 2.13. The summed E-state index contributed by atoms with van der Waals surface area (Å²) in [6.07, 6.45) is 1.34. The molecule has 3 amide bonds. The average molecular weight is 460 g/mol. The maximum atomic E-state index is 13.5. The van der Waals surface area contributed by atoms with Crippen molar-refractivity contribution in [2.45, 2.75) is 18.9 Å². The zero-order chi connectivity index (χ0) is 23.5. The molecule has 2 aliphatic heterocycles. The van der Waals surface area contributed by atoms with E-state index in [1.807, 2.05) is 25.1 Å². The molecule has 0 N–H and O–H groups in total. The van der Waals surface area contributed by atoms with Crippen LogP contribution in [-0.2, 0) is 4.79 Å². The van der Waals surface area contributed by atoms with Gasteiger partial charge in [0, 0.05) is 51.5 Å². The van der Waals surface area contributed by atoms with Crippen molar-refractivity contribution < 1.29 is 23.1 Å². The molecule has 0 aliphatic carbocycles. The average Bonchev–Trinajstić information content (AvgIpc) is 3.16. The zero-order valence-electron chi connectivity index (χ0n) is 18.6. The Kier molecular flexibility index (Phi) is 6.57. The van der Waals surface area contributed by atoms with Crippen LogP contribution in [0.2, 0.25) is 0 Å². The molecule has 11 heteroatoms. The SMILES string of the molecule is CN(C)c1ccc(OC2CCCN(C(=O)CN3CCN(c4ccc(F)c(F)c4)C3=O)C2)nn1. The number of rotatable bonds is 6. The van der Waals surface area contributed by atoms with Crippen LogP contribution in [0.3, 0.4) is 0 Å². The zero-order valence-corrected chi connectivity index (χ0v) is 18.6. The predicted molar refractivity (Wildman–Crippen MR) is 117 cm³/mol. The van der Waals surface area contributed by atoms with Crippen LogP contribution in [0.5, 0.6) is 5.88 Å². The molecule has 0 saturated carbocycles. The van der Waals surface area contributed by atoms with Crippen molar-refractivity contribution in [2.24, 2.45) is 0 Å². The minimum absolute atomic E-state index is 0.0803. The van der Waals surface area contributed by atoms with E-state index in [-0.39, 0.29) is 24.2 Å². The molecule has 176 valence electrons. The minimum atomic E-state index is -1.02. The van der Waals surface area contributed by atoms with Crippen LogP contribution in [0.1, 0.15) is 12.8 Å². The lowest BCUT2D eigenvalue weighted by Crippen LogP contribution is -2.48. The molecule has 3 heterocycles. The lowest BCUT2D eigenvalue weighted by molar-refractivity contribution is -0.134. The lowest BCUT2D eigenvalue weighted by atomic mass is 10.1. The summed E-state index contributed by atoms with van der Waals surface area (Å²) in [5.74, 6) is -1.06. The number of carbonyl (C=O) groups excluding carboxylic acids is 2. The van der Waals surface area contributed by atoms with Gasteiger partial charge in [0.05, 0.1) is 6.54 Å². The highest BCUT2D eigenvalue weighted by Gasteiger charge is 2.33. The molecule has 1 aromatic carbocycles. The molecule has 1 atom stereocenters. The van der Waals surface area contributed by atoms with Gasteiger partial charge in [-0.1, -0.05) is 0 Å². The molecule has 2 fully saturated rings. The first-order valence-corrected chi connectivity index (χ1v) is 10.8. The molecule has 2 aromatic rings. The van der Waals surface area contributed by atoms with Gasteiger partial charge in [-0.05, 0) is 31.0 Å². The van der Waals surface area contributed by atoms with Gasteiger partial charge in [0.1, 0.15) is 12.6 Å². The highest BCUT2D eigenvalue weighted by Crippen LogP contribution is 2.23. The normalized spacial score (nSPS) is 18.6. The molecule has 9 nitrogen and oxygen atoms in total. The number of aromatic nitrogens is 2. The van der Waals surface area contributed by atoms with Crippen molar-refractivity contribution in [2.75, 3.05) is 56.6 Å². The number of amides is 3. The second kappa shape index (κ2) is 9.55. The van der Waals surface area contributed by atoms with E-state index in [4.69, 9.17) is 4.74 Å². The van der Waals surface area contributed by atoms with Crippen molar-refractivity contribution in [3.05, 3.63) is 42.0 Å². The van der Waals surface area contributed by atoms with Crippen LogP contribution in [0, 0.1) is 11.6 Å². The third-order valence-corrected chi connectivity index (χ3v) is 5.74. The number of likely N-dealkylation sites (tertiary alicyclic amines) is 1. The van der Waals surface area contributed by atoms with Gasteiger partial charge in [-0.15, -0.1) is 10.2 Å². The number of piperidine rings is 1. The number of hydrogen-bond acceptors (Lipinski definition) is 6. The van der Waals surface area contributed by atoms with E-state index in [9.17, 15) is 18.4 Å². The maximum Gasteiger partial charge on any atom is 0.325 e. The smallest absolute Gasteiger partial charge is 0.325 e. The molecular formula is C22H26F2N6O3. The van der Waals surface area contributed by atoms with Crippen molar-refractivity contribution in [3.63, 3.8) is 0 Å². The van der Waals surface area contributed by atoms with E-state index in [0.717, 1.165) is 30.8 Å². The Morgan fingerprint density at radius 2 is 1.94 bits per heavy atom. The molecule has 1 aromatic heterocycles. The van der Waals surface area contributed by atoms with E-state index in [1.54, 1.807) is 11.0 Å². The third kappa shape index (κ3) is 5.12. The largest absolute Gasteiger partial charge is 0.471 e. The maximum absolute atomic E-state index is 13.5. The summed E-state index contributed by atoms with van der Waals surface area (Å²) < 4.78 is 32.7. The summed E-state index contributed by atoms with van der Waals surface area (Å²) in [6, 6.07) is 6.47. The molecule has 0 bridgehead atoms. The number of carbonyl (C=O) groups is 2. The molecule has 2 aliphatic rings. The van der Waals surface area contributed by atoms with Gasteiger partial charge in [-0.25, -0.2) is 13.6 Å². The Labute approximate surface area is 190 Å². The molecule has 2 saturated heterocycles. The second-order valence-corrected chi connectivity index (χ2v) is 8.30. The quantitative estimate of drug-likeness (QED) is 0.657. The Hall–Kier alpha value is -3.50.